The molecule has 26 heavy (non-hydrogen) atoms. The third-order valence-electron chi connectivity index (χ3n) is 3.83. The molecule has 2 amide bonds. The number of anilines is 2. The van der Waals surface area contributed by atoms with Crippen LogP contribution in [0, 0.1) is 0 Å². The van der Waals surface area contributed by atoms with E-state index in [0.717, 1.165) is 10.6 Å². The fourth-order valence-electron chi connectivity index (χ4n) is 2.55. The zero-order valence-electron chi connectivity index (χ0n) is 14.2. The number of carbonyl (C=O) groups excluding carboxylic acids is 2. The number of halogens is 1. The highest BCUT2D eigenvalue weighted by atomic mass is 35.5. The van der Waals surface area contributed by atoms with E-state index in [-0.39, 0.29) is 18.2 Å². The van der Waals surface area contributed by atoms with Crippen LogP contribution in [0.1, 0.15) is 6.42 Å². The molecule has 0 fully saturated rings. The topological polar surface area (TPSA) is 76.7 Å². The highest BCUT2D eigenvalue weighted by molar-refractivity contribution is 8.01. The van der Waals surface area contributed by atoms with Crippen molar-refractivity contribution in [3.05, 3.63) is 41.4 Å². The summed E-state index contributed by atoms with van der Waals surface area (Å²) in [4.78, 5) is 25.6. The van der Waals surface area contributed by atoms with E-state index in [1.807, 2.05) is 24.3 Å². The summed E-state index contributed by atoms with van der Waals surface area (Å²) in [7, 11) is 2.98. The minimum atomic E-state index is -0.510. The SMILES string of the molecule is COc1cc(OC)c(NC(=O)C[C@@H]2Sc3ccccc3NC2=O)cc1Cl. The van der Waals surface area contributed by atoms with Gasteiger partial charge in [-0.15, -0.1) is 11.8 Å². The van der Waals surface area contributed by atoms with Crippen molar-refractivity contribution in [2.45, 2.75) is 16.6 Å². The molecule has 2 aromatic rings. The van der Waals surface area contributed by atoms with Gasteiger partial charge in [0.25, 0.3) is 0 Å². The molecule has 0 unspecified atom stereocenters. The zero-order valence-corrected chi connectivity index (χ0v) is 15.7. The molecule has 0 saturated heterocycles. The number of rotatable bonds is 5. The number of ether oxygens (including phenoxy) is 2. The first-order valence-electron chi connectivity index (χ1n) is 7.79. The molecule has 0 aromatic heterocycles. The monoisotopic (exact) mass is 392 g/mol. The third-order valence-corrected chi connectivity index (χ3v) is 5.40. The molecule has 0 saturated carbocycles. The van der Waals surface area contributed by atoms with Gasteiger partial charge >= 0.3 is 0 Å². The van der Waals surface area contributed by atoms with Gasteiger partial charge in [0.05, 0.1) is 35.9 Å². The molecule has 1 heterocycles. The second-order valence-corrected chi connectivity index (χ2v) is 7.18. The van der Waals surface area contributed by atoms with Crippen molar-refractivity contribution in [1.29, 1.82) is 0 Å². The van der Waals surface area contributed by atoms with E-state index in [0.29, 0.717) is 22.2 Å². The van der Waals surface area contributed by atoms with Crippen LogP contribution in [-0.2, 0) is 9.59 Å². The molecule has 2 aromatic carbocycles. The van der Waals surface area contributed by atoms with Gasteiger partial charge in [0.15, 0.2) is 0 Å². The molecule has 8 heteroatoms. The minimum Gasteiger partial charge on any atom is -0.495 e. The Morgan fingerprint density at radius 2 is 1.96 bits per heavy atom. The van der Waals surface area contributed by atoms with Gasteiger partial charge in [-0.3, -0.25) is 9.59 Å². The Morgan fingerprint density at radius 3 is 2.69 bits per heavy atom. The average molecular weight is 393 g/mol. The lowest BCUT2D eigenvalue weighted by molar-refractivity contribution is -0.120. The number of methoxy groups -OCH3 is 2. The number of carbonyl (C=O) groups is 2. The molecule has 0 bridgehead atoms. The summed E-state index contributed by atoms with van der Waals surface area (Å²) in [5.74, 6) is 0.367. The van der Waals surface area contributed by atoms with Gasteiger partial charge in [0, 0.05) is 17.4 Å². The van der Waals surface area contributed by atoms with Gasteiger partial charge in [-0.25, -0.2) is 0 Å². The minimum absolute atomic E-state index is 0.0254. The summed E-state index contributed by atoms with van der Waals surface area (Å²) in [6.07, 6.45) is 0.0254. The van der Waals surface area contributed by atoms with Crippen LogP contribution < -0.4 is 20.1 Å². The van der Waals surface area contributed by atoms with E-state index in [9.17, 15) is 9.59 Å². The Bertz CT molecular complexity index is 859. The Morgan fingerprint density at radius 1 is 1.23 bits per heavy atom. The summed E-state index contributed by atoms with van der Waals surface area (Å²) in [5.41, 5.74) is 1.19. The lowest BCUT2D eigenvalue weighted by Gasteiger charge is -2.23. The van der Waals surface area contributed by atoms with E-state index < -0.39 is 5.25 Å². The molecule has 0 spiro atoms. The lowest BCUT2D eigenvalue weighted by Crippen LogP contribution is -2.32. The van der Waals surface area contributed by atoms with Crippen molar-refractivity contribution in [3.8, 4) is 11.5 Å². The number of thioether (sulfide) groups is 1. The van der Waals surface area contributed by atoms with Crippen molar-refractivity contribution in [1.82, 2.24) is 0 Å². The smallest absolute Gasteiger partial charge is 0.238 e. The molecule has 0 radical (unpaired) electrons. The molecule has 1 atom stereocenters. The summed E-state index contributed by atoms with van der Waals surface area (Å²) in [5, 5.41) is 5.41. The van der Waals surface area contributed by atoms with Gasteiger partial charge in [0.1, 0.15) is 11.5 Å². The molecule has 6 nitrogen and oxygen atoms in total. The maximum atomic E-state index is 12.4. The van der Waals surface area contributed by atoms with Crippen LogP contribution in [0.15, 0.2) is 41.3 Å². The van der Waals surface area contributed by atoms with Gasteiger partial charge in [-0.05, 0) is 18.2 Å². The molecule has 3 rings (SSSR count). The van der Waals surface area contributed by atoms with Crippen molar-refractivity contribution in [2.75, 3.05) is 24.9 Å². The van der Waals surface area contributed by atoms with E-state index >= 15 is 0 Å². The number of hydrogen-bond donors (Lipinski definition) is 2. The van der Waals surface area contributed by atoms with Crippen molar-refractivity contribution in [2.24, 2.45) is 0 Å². The largest absolute Gasteiger partial charge is 0.495 e. The van der Waals surface area contributed by atoms with E-state index in [2.05, 4.69) is 10.6 Å². The Kier molecular flexibility index (Phi) is 5.58. The van der Waals surface area contributed by atoms with Crippen LogP contribution in [-0.4, -0.2) is 31.3 Å². The molecule has 2 N–H and O–H groups in total. The summed E-state index contributed by atoms with van der Waals surface area (Å²) >= 11 is 7.49. The van der Waals surface area contributed by atoms with Crippen molar-refractivity contribution < 1.29 is 19.1 Å². The maximum absolute atomic E-state index is 12.4. The van der Waals surface area contributed by atoms with Crippen LogP contribution >= 0.6 is 23.4 Å². The molecular formula is C18H17ClN2O4S. The predicted octanol–water partition coefficient (Wildman–Crippen LogP) is 3.80. The maximum Gasteiger partial charge on any atom is 0.238 e. The van der Waals surface area contributed by atoms with Crippen LogP contribution in [0.5, 0.6) is 11.5 Å². The zero-order chi connectivity index (χ0) is 18.7. The number of nitrogens with one attached hydrogen (secondary N) is 2. The summed E-state index contributed by atoms with van der Waals surface area (Å²) in [6.45, 7) is 0. The quantitative estimate of drug-likeness (QED) is 0.809. The van der Waals surface area contributed by atoms with E-state index in [4.69, 9.17) is 21.1 Å². The van der Waals surface area contributed by atoms with Crippen LogP contribution in [0.4, 0.5) is 11.4 Å². The third kappa shape index (κ3) is 3.89. The van der Waals surface area contributed by atoms with Gasteiger partial charge in [-0.1, -0.05) is 23.7 Å². The second-order valence-electron chi connectivity index (χ2n) is 5.53. The molecule has 1 aliphatic heterocycles. The first-order valence-corrected chi connectivity index (χ1v) is 9.05. The number of para-hydroxylation sites is 1. The van der Waals surface area contributed by atoms with E-state index in [1.165, 1.54) is 26.0 Å². The lowest BCUT2D eigenvalue weighted by atomic mass is 10.2. The highest BCUT2D eigenvalue weighted by Gasteiger charge is 2.29. The number of benzene rings is 2. The second kappa shape index (κ2) is 7.88. The summed E-state index contributed by atoms with van der Waals surface area (Å²) in [6, 6.07) is 10.6. The van der Waals surface area contributed by atoms with Crippen LogP contribution in [0.25, 0.3) is 0 Å². The Hall–Kier alpha value is -2.38. The van der Waals surface area contributed by atoms with E-state index in [1.54, 1.807) is 12.1 Å². The van der Waals surface area contributed by atoms with Gasteiger partial charge < -0.3 is 20.1 Å². The van der Waals surface area contributed by atoms with Crippen LogP contribution in [0.3, 0.4) is 0 Å². The first kappa shape index (κ1) is 18.4. The number of fused-ring (bicyclic) bond motifs is 1. The molecule has 1 aliphatic rings. The van der Waals surface area contributed by atoms with Crippen LogP contribution in [0.2, 0.25) is 5.02 Å². The Balaban J connectivity index is 1.72. The summed E-state index contributed by atoms with van der Waals surface area (Å²) < 4.78 is 10.4. The Labute approximate surface area is 160 Å². The molecular weight excluding hydrogens is 376 g/mol. The van der Waals surface area contributed by atoms with Crippen molar-refractivity contribution in [3.63, 3.8) is 0 Å². The number of hydrogen-bond acceptors (Lipinski definition) is 5. The first-order chi connectivity index (χ1) is 12.5. The van der Waals surface area contributed by atoms with Gasteiger partial charge in [-0.2, -0.15) is 0 Å². The van der Waals surface area contributed by atoms with Crippen molar-refractivity contribution >= 4 is 46.6 Å². The standard InChI is InChI=1S/C18H17ClN2O4S/c1-24-13-8-14(25-2)12(7-10(13)19)20-17(22)9-16-18(23)21-11-5-3-4-6-15(11)26-16/h3-8,16H,9H2,1-2H3,(H,20,22)(H,21,23)/t16-/m0/s1. The molecule has 0 aliphatic carbocycles. The highest BCUT2D eigenvalue weighted by Crippen LogP contribution is 2.38. The fraction of sp³-hybridized carbons (Fsp3) is 0.222. The number of amides is 2. The molecule has 136 valence electrons. The fourth-order valence-corrected chi connectivity index (χ4v) is 3.91. The van der Waals surface area contributed by atoms with Gasteiger partial charge in [0.2, 0.25) is 11.8 Å². The predicted molar refractivity (Wildman–Crippen MR) is 103 cm³/mol. The normalized spacial score (nSPS) is 15.7. The average Bonchev–Trinajstić information content (AvgIpc) is 2.62.